The number of likely N-dealkylation sites (N-methyl/N-ethyl adjacent to an activating group) is 1. The van der Waals surface area contributed by atoms with Crippen molar-refractivity contribution in [3.8, 4) is 0 Å². The van der Waals surface area contributed by atoms with Gasteiger partial charge in [0.05, 0.1) is 0 Å². The summed E-state index contributed by atoms with van der Waals surface area (Å²) in [7, 11) is 0. The molecule has 1 aliphatic rings. The fourth-order valence-electron chi connectivity index (χ4n) is 3.98. The molecule has 2 heteroatoms. The van der Waals surface area contributed by atoms with Crippen molar-refractivity contribution >= 4 is 0 Å². The van der Waals surface area contributed by atoms with Gasteiger partial charge in [0.2, 0.25) is 0 Å². The van der Waals surface area contributed by atoms with Crippen LogP contribution in [0.4, 0.5) is 0 Å². The first-order valence-corrected chi connectivity index (χ1v) is 8.54. The van der Waals surface area contributed by atoms with Crippen LogP contribution in [0.2, 0.25) is 0 Å². The van der Waals surface area contributed by atoms with Crippen LogP contribution in [0.3, 0.4) is 0 Å². The molecule has 5 atom stereocenters. The van der Waals surface area contributed by atoms with Crippen molar-refractivity contribution < 1.29 is 0 Å². The molecule has 0 aromatic rings. The summed E-state index contributed by atoms with van der Waals surface area (Å²) in [6.07, 6.45) is 5.23. The van der Waals surface area contributed by atoms with Gasteiger partial charge in [0, 0.05) is 18.1 Å². The van der Waals surface area contributed by atoms with Crippen LogP contribution in [-0.4, -0.2) is 36.1 Å². The molecular weight excluding hydrogens is 232 g/mol. The molecule has 0 bridgehead atoms. The molecule has 0 heterocycles. The molecule has 0 amide bonds. The van der Waals surface area contributed by atoms with Crippen molar-refractivity contribution in [1.82, 2.24) is 10.2 Å². The third kappa shape index (κ3) is 4.46. The van der Waals surface area contributed by atoms with E-state index in [2.05, 4.69) is 51.8 Å². The molecule has 1 N–H and O–H groups in total. The van der Waals surface area contributed by atoms with E-state index in [1.165, 1.54) is 38.8 Å². The van der Waals surface area contributed by atoms with Crippen LogP contribution in [0, 0.1) is 11.8 Å². The molecule has 5 unspecified atom stereocenters. The first kappa shape index (κ1) is 17.0. The molecule has 0 radical (unpaired) electrons. The molecule has 1 saturated carbocycles. The van der Waals surface area contributed by atoms with Gasteiger partial charge in [0.15, 0.2) is 0 Å². The average Bonchev–Trinajstić information content (AvgIpc) is 2.39. The highest BCUT2D eigenvalue weighted by Gasteiger charge is 2.37. The van der Waals surface area contributed by atoms with Crippen molar-refractivity contribution in [3.63, 3.8) is 0 Å². The highest BCUT2D eigenvalue weighted by atomic mass is 15.2. The number of nitrogens with zero attached hydrogens (tertiary/aromatic N) is 1. The lowest BCUT2D eigenvalue weighted by Crippen LogP contribution is -2.58. The van der Waals surface area contributed by atoms with Crippen LogP contribution >= 0.6 is 0 Å². The van der Waals surface area contributed by atoms with Crippen molar-refractivity contribution in [3.05, 3.63) is 0 Å². The lowest BCUT2D eigenvalue weighted by atomic mass is 9.75. The quantitative estimate of drug-likeness (QED) is 0.753. The van der Waals surface area contributed by atoms with Crippen molar-refractivity contribution in [2.75, 3.05) is 13.1 Å². The van der Waals surface area contributed by atoms with Crippen LogP contribution in [0.25, 0.3) is 0 Å². The SMILES string of the molecule is CCCNC1CC(C)CC(C)C1N(CC)C(C)CC. The predicted molar refractivity (Wildman–Crippen MR) is 85.6 cm³/mol. The highest BCUT2D eigenvalue weighted by molar-refractivity contribution is 4.95. The second-order valence-corrected chi connectivity index (χ2v) is 6.69. The molecule has 1 aliphatic carbocycles. The lowest BCUT2D eigenvalue weighted by molar-refractivity contribution is 0.0376. The van der Waals surface area contributed by atoms with Crippen molar-refractivity contribution in [2.45, 2.75) is 85.4 Å². The Morgan fingerprint density at radius 3 is 2.37 bits per heavy atom. The summed E-state index contributed by atoms with van der Waals surface area (Å²) in [6.45, 7) is 16.5. The summed E-state index contributed by atoms with van der Waals surface area (Å²) >= 11 is 0. The summed E-state index contributed by atoms with van der Waals surface area (Å²) in [4.78, 5) is 2.75. The van der Waals surface area contributed by atoms with Gasteiger partial charge in [-0.3, -0.25) is 4.90 Å². The van der Waals surface area contributed by atoms with E-state index in [1.54, 1.807) is 0 Å². The Labute approximate surface area is 121 Å². The van der Waals surface area contributed by atoms with Gasteiger partial charge < -0.3 is 5.32 Å². The monoisotopic (exact) mass is 268 g/mol. The Morgan fingerprint density at radius 2 is 1.84 bits per heavy atom. The molecule has 19 heavy (non-hydrogen) atoms. The second-order valence-electron chi connectivity index (χ2n) is 6.69. The van der Waals surface area contributed by atoms with Gasteiger partial charge in [0.1, 0.15) is 0 Å². The van der Waals surface area contributed by atoms with Gasteiger partial charge in [-0.05, 0) is 57.5 Å². The van der Waals surface area contributed by atoms with Crippen LogP contribution in [0.1, 0.15) is 67.2 Å². The van der Waals surface area contributed by atoms with E-state index in [4.69, 9.17) is 0 Å². The van der Waals surface area contributed by atoms with Crippen molar-refractivity contribution in [1.29, 1.82) is 0 Å². The Hall–Kier alpha value is -0.0800. The Kier molecular flexibility index (Phi) is 7.38. The fourth-order valence-corrected chi connectivity index (χ4v) is 3.98. The first-order valence-electron chi connectivity index (χ1n) is 8.54. The topological polar surface area (TPSA) is 15.3 Å². The Bertz CT molecular complexity index is 241. The van der Waals surface area contributed by atoms with E-state index in [-0.39, 0.29) is 0 Å². The number of hydrogen-bond donors (Lipinski definition) is 1. The van der Waals surface area contributed by atoms with Gasteiger partial charge in [-0.15, -0.1) is 0 Å². The third-order valence-corrected chi connectivity index (χ3v) is 4.99. The minimum atomic E-state index is 0.688. The van der Waals surface area contributed by atoms with Crippen LogP contribution < -0.4 is 5.32 Å². The first-order chi connectivity index (χ1) is 9.04. The van der Waals surface area contributed by atoms with Gasteiger partial charge >= 0.3 is 0 Å². The zero-order chi connectivity index (χ0) is 14.4. The molecule has 0 saturated heterocycles. The normalized spacial score (nSPS) is 33.6. The molecule has 1 rings (SSSR count). The van der Waals surface area contributed by atoms with Gasteiger partial charge in [-0.2, -0.15) is 0 Å². The van der Waals surface area contributed by atoms with Crippen LogP contribution in [0.5, 0.6) is 0 Å². The van der Waals surface area contributed by atoms with E-state index in [0.29, 0.717) is 12.1 Å². The molecule has 0 aliphatic heterocycles. The summed E-state index contributed by atoms with van der Waals surface area (Å²) < 4.78 is 0. The van der Waals surface area contributed by atoms with E-state index in [1.807, 2.05) is 0 Å². The maximum Gasteiger partial charge on any atom is 0.0277 e. The molecule has 0 aromatic heterocycles. The lowest BCUT2D eigenvalue weighted by Gasteiger charge is -2.48. The molecule has 2 nitrogen and oxygen atoms in total. The summed E-state index contributed by atoms with van der Waals surface area (Å²) in [5.41, 5.74) is 0. The van der Waals surface area contributed by atoms with E-state index >= 15 is 0 Å². The number of hydrogen-bond acceptors (Lipinski definition) is 2. The number of rotatable bonds is 7. The molecule has 1 fully saturated rings. The van der Waals surface area contributed by atoms with E-state index in [0.717, 1.165) is 17.9 Å². The Morgan fingerprint density at radius 1 is 1.16 bits per heavy atom. The van der Waals surface area contributed by atoms with E-state index in [9.17, 15) is 0 Å². The second kappa shape index (κ2) is 8.26. The highest BCUT2D eigenvalue weighted by Crippen LogP contribution is 2.33. The zero-order valence-electron chi connectivity index (χ0n) is 14.1. The van der Waals surface area contributed by atoms with Crippen LogP contribution in [-0.2, 0) is 0 Å². The minimum absolute atomic E-state index is 0.688. The van der Waals surface area contributed by atoms with E-state index < -0.39 is 0 Å². The van der Waals surface area contributed by atoms with Gasteiger partial charge in [-0.1, -0.05) is 34.6 Å². The predicted octanol–water partition coefficient (Wildman–Crippen LogP) is 3.91. The Balaban J connectivity index is 2.82. The summed E-state index contributed by atoms with van der Waals surface area (Å²) in [5.74, 6) is 1.68. The third-order valence-electron chi connectivity index (χ3n) is 4.99. The molecule has 0 aromatic carbocycles. The van der Waals surface area contributed by atoms with Gasteiger partial charge in [0.25, 0.3) is 0 Å². The molecule has 114 valence electrons. The van der Waals surface area contributed by atoms with Crippen molar-refractivity contribution in [2.24, 2.45) is 11.8 Å². The summed E-state index contributed by atoms with van der Waals surface area (Å²) in [5, 5.41) is 3.83. The van der Waals surface area contributed by atoms with Gasteiger partial charge in [-0.25, -0.2) is 0 Å². The summed E-state index contributed by atoms with van der Waals surface area (Å²) in [6, 6.07) is 2.12. The van der Waals surface area contributed by atoms with Crippen LogP contribution in [0.15, 0.2) is 0 Å². The zero-order valence-corrected chi connectivity index (χ0v) is 14.1. The number of nitrogens with one attached hydrogen (secondary N) is 1. The average molecular weight is 268 g/mol. The standard InChI is InChI=1S/C17H36N2/c1-7-10-18-16-12-13(4)11-14(5)17(16)19(9-3)15(6)8-2/h13-18H,7-12H2,1-6H3. The maximum atomic E-state index is 3.83. The maximum absolute atomic E-state index is 3.83. The smallest absolute Gasteiger partial charge is 0.0277 e. The fraction of sp³-hybridized carbons (Fsp3) is 1.00. The minimum Gasteiger partial charge on any atom is -0.312 e. The molecule has 0 spiro atoms. The largest absolute Gasteiger partial charge is 0.312 e. The molecular formula is C17H36N2.